The first-order valence-electron chi connectivity index (χ1n) is 11.9. The van der Waals surface area contributed by atoms with Crippen LogP contribution in [0.3, 0.4) is 0 Å². The molecule has 0 aliphatic carbocycles. The molecule has 0 atom stereocenters. The van der Waals surface area contributed by atoms with E-state index in [1.165, 1.54) is 38.5 Å². The molecule has 3 rings (SSSR count). The van der Waals surface area contributed by atoms with Crippen molar-refractivity contribution in [2.24, 2.45) is 0 Å². The maximum Gasteiger partial charge on any atom is 0.193 e. The van der Waals surface area contributed by atoms with Crippen LogP contribution in [-0.2, 0) is 13.1 Å². The topological polar surface area (TPSA) is 47.8 Å². The zero-order valence-electron chi connectivity index (χ0n) is 19.8. The number of carbonyl (C=O) groups is 1. The minimum absolute atomic E-state index is 0.0468. The molecule has 0 bridgehead atoms. The highest BCUT2D eigenvalue weighted by molar-refractivity contribution is 6.08. The van der Waals surface area contributed by atoms with Crippen LogP contribution in [0.1, 0.15) is 72.6 Å². The van der Waals surface area contributed by atoms with E-state index in [4.69, 9.17) is 0 Å². The van der Waals surface area contributed by atoms with E-state index < -0.39 is 0 Å². The van der Waals surface area contributed by atoms with E-state index >= 15 is 0 Å². The molecule has 0 N–H and O–H groups in total. The standard InChI is InChI=1S/C27H37N4O/c1-4-5-6-7-8-12-19-31(2,3)22-26-21-30(29-28-26)20-23-15-17-25(18-16-23)27(32)24-13-10-9-11-14-24/h9-11,13-18,21H,4-8,12,19-20,22H2,1-3H3/q+1. The molecular formula is C27H37N4O+. The first kappa shape index (κ1) is 23.9. The van der Waals surface area contributed by atoms with Gasteiger partial charge in [0.25, 0.3) is 0 Å². The lowest BCUT2D eigenvalue weighted by atomic mass is 10.0. The Labute approximate surface area is 192 Å². The molecule has 0 fully saturated rings. The Balaban J connectivity index is 1.49. The Bertz CT molecular complexity index is 961. The molecule has 0 aliphatic heterocycles. The summed E-state index contributed by atoms with van der Waals surface area (Å²) in [5.74, 6) is 0.0468. The molecular weight excluding hydrogens is 396 g/mol. The number of hydrogen-bond acceptors (Lipinski definition) is 3. The van der Waals surface area contributed by atoms with Gasteiger partial charge in [-0.3, -0.25) is 4.79 Å². The third kappa shape index (κ3) is 7.41. The van der Waals surface area contributed by atoms with E-state index in [1.54, 1.807) is 0 Å². The minimum Gasteiger partial charge on any atom is -0.323 e. The van der Waals surface area contributed by atoms with Gasteiger partial charge in [-0.25, -0.2) is 4.68 Å². The summed E-state index contributed by atoms with van der Waals surface area (Å²) >= 11 is 0. The van der Waals surface area contributed by atoms with Crippen molar-refractivity contribution in [1.82, 2.24) is 15.0 Å². The smallest absolute Gasteiger partial charge is 0.193 e. The first-order valence-corrected chi connectivity index (χ1v) is 11.9. The molecule has 1 heterocycles. The number of quaternary nitrogens is 1. The molecule has 32 heavy (non-hydrogen) atoms. The Morgan fingerprint density at radius 1 is 0.875 bits per heavy atom. The quantitative estimate of drug-likeness (QED) is 0.203. The molecule has 0 saturated heterocycles. The fourth-order valence-corrected chi connectivity index (χ4v) is 4.03. The lowest BCUT2D eigenvalue weighted by Gasteiger charge is -2.28. The Morgan fingerprint density at radius 3 is 2.25 bits per heavy atom. The average molecular weight is 434 g/mol. The highest BCUT2D eigenvalue weighted by Crippen LogP contribution is 2.14. The third-order valence-corrected chi connectivity index (χ3v) is 5.89. The van der Waals surface area contributed by atoms with Gasteiger partial charge >= 0.3 is 0 Å². The highest BCUT2D eigenvalue weighted by Gasteiger charge is 2.18. The lowest BCUT2D eigenvalue weighted by Crippen LogP contribution is -2.39. The van der Waals surface area contributed by atoms with Crippen molar-refractivity contribution in [2.45, 2.75) is 58.5 Å². The van der Waals surface area contributed by atoms with Crippen molar-refractivity contribution in [1.29, 1.82) is 0 Å². The summed E-state index contributed by atoms with van der Waals surface area (Å²) in [5, 5.41) is 8.72. The number of carbonyl (C=O) groups excluding carboxylic acids is 1. The van der Waals surface area contributed by atoms with E-state index in [0.29, 0.717) is 17.7 Å². The number of ketones is 1. The predicted molar refractivity (Wildman–Crippen MR) is 129 cm³/mol. The van der Waals surface area contributed by atoms with Crippen molar-refractivity contribution in [3.63, 3.8) is 0 Å². The molecule has 1 aromatic heterocycles. The van der Waals surface area contributed by atoms with Crippen molar-refractivity contribution in [2.75, 3.05) is 20.6 Å². The fraction of sp³-hybridized carbons (Fsp3) is 0.444. The second-order valence-corrected chi connectivity index (χ2v) is 9.38. The number of rotatable bonds is 13. The molecule has 2 aromatic carbocycles. The Kier molecular flexibility index (Phi) is 8.74. The summed E-state index contributed by atoms with van der Waals surface area (Å²) in [6.07, 6.45) is 9.99. The van der Waals surface area contributed by atoms with Crippen LogP contribution in [0.25, 0.3) is 0 Å². The maximum absolute atomic E-state index is 12.6. The zero-order chi connectivity index (χ0) is 22.8. The van der Waals surface area contributed by atoms with E-state index in [0.717, 1.165) is 28.8 Å². The summed E-state index contributed by atoms with van der Waals surface area (Å²) in [4.78, 5) is 12.6. The molecule has 0 spiro atoms. The molecule has 0 amide bonds. The lowest BCUT2D eigenvalue weighted by molar-refractivity contribution is -0.904. The maximum atomic E-state index is 12.6. The van der Waals surface area contributed by atoms with E-state index in [9.17, 15) is 4.79 Å². The molecule has 5 heteroatoms. The normalized spacial score (nSPS) is 11.6. The molecule has 3 aromatic rings. The summed E-state index contributed by atoms with van der Waals surface area (Å²) in [7, 11) is 4.54. The number of benzene rings is 2. The van der Waals surface area contributed by atoms with Crippen LogP contribution in [0.5, 0.6) is 0 Å². The number of nitrogens with zero attached hydrogens (tertiary/aromatic N) is 4. The number of hydrogen-bond donors (Lipinski definition) is 0. The van der Waals surface area contributed by atoms with Crippen molar-refractivity contribution in [3.8, 4) is 0 Å². The Hall–Kier alpha value is -2.79. The molecule has 170 valence electrons. The van der Waals surface area contributed by atoms with E-state index in [2.05, 4.69) is 31.3 Å². The van der Waals surface area contributed by atoms with Gasteiger partial charge in [0.1, 0.15) is 12.2 Å². The van der Waals surface area contributed by atoms with Gasteiger partial charge in [-0.15, -0.1) is 5.10 Å². The third-order valence-electron chi connectivity index (χ3n) is 5.89. The summed E-state index contributed by atoms with van der Waals surface area (Å²) < 4.78 is 2.82. The van der Waals surface area contributed by atoms with Crippen LogP contribution < -0.4 is 0 Å². The largest absolute Gasteiger partial charge is 0.323 e. The second kappa shape index (κ2) is 11.7. The zero-order valence-corrected chi connectivity index (χ0v) is 19.8. The summed E-state index contributed by atoms with van der Waals surface area (Å²) in [5.41, 5.74) is 3.54. The van der Waals surface area contributed by atoms with Crippen LogP contribution in [0.4, 0.5) is 0 Å². The number of aromatic nitrogens is 3. The van der Waals surface area contributed by atoms with Gasteiger partial charge in [0, 0.05) is 11.1 Å². The van der Waals surface area contributed by atoms with E-state index in [1.807, 2.05) is 65.5 Å². The monoisotopic (exact) mass is 433 g/mol. The van der Waals surface area contributed by atoms with Crippen molar-refractivity contribution < 1.29 is 9.28 Å². The molecule has 0 radical (unpaired) electrons. The molecule has 0 saturated carbocycles. The van der Waals surface area contributed by atoms with E-state index in [-0.39, 0.29) is 5.78 Å². The van der Waals surface area contributed by atoms with Gasteiger partial charge in [0.05, 0.1) is 33.4 Å². The van der Waals surface area contributed by atoms with Crippen LogP contribution in [0, 0.1) is 0 Å². The SMILES string of the molecule is CCCCCCCC[N+](C)(C)Cc1cn(Cc2ccc(C(=O)c3ccccc3)cc2)nn1. The summed E-state index contributed by atoms with van der Waals surface area (Å²) in [6.45, 7) is 4.96. The minimum atomic E-state index is 0.0468. The van der Waals surface area contributed by atoms with Crippen LogP contribution in [0.15, 0.2) is 60.8 Å². The number of unbranched alkanes of at least 4 members (excludes halogenated alkanes) is 5. The fourth-order valence-electron chi connectivity index (χ4n) is 4.03. The van der Waals surface area contributed by atoms with Gasteiger partial charge < -0.3 is 4.48 Å². The second-order valence-electron chi connectivity index (χ2n) is 9.38. The molecule has 0 unspecified atom stereocenters. The van der Waals surface area contributed by atoms with Gasteiger partial charge in [0.2, 0.25) is 0 Å². The average Bonchev–Trinajstić information content (AvgIpc) is 3.22. The molecule has 0 aliphatic rings. The molecule has 5 nitrogen and oxygen atoms in total. The Morgan fingerprint density at radius 2 is 1.53 bits per heavy atom. The highest BCUT2D eigenvalue weighted by atomic mass is 16.1. The van der Waals surface area contributed by atoms with Gasteiger partial charge in [-0.05, 0) is 18.4 Å². The first-order chi connectivity index (χ1) is 15.5. The van der Waals surface area contributed by atoms with Gasteiger partial charge in [-0.2, -0.15) is 0 Å². The van der Waals surface area contributed by atoms with Crippen LogP contribution >= 0.6 is 0 Å². The van der Waals surface area contributed by atoms with Gasteiger partial charge in [-0.1, -0.05) is 92.4 Å². The van der Waals surface area contributed by atoms with Crippen LogP contribution in [0.2, 0.25) is 0 Å². The van der Waals surface area contributed by atoms with Gasteiger partial charge in [0.15, 0.2) is 5.78 Å². The predicted octanol–water partition coefficient (Wildman–Crippen LogP) is 5.49. The van der Waals surface area contributed by atoms with Crippen molar-refractivity contribution >= 4 is 5.78 Å². The van der Waals surface area contributed by atoms with Crippen molar-refractivity contribution in [3.05, 3.63) is 83.2 Å². The summed E-state index contributed by atoms with van der Waals surface area (Å²) in [6, 6.07) is 17.2. The van der Waals surface area contributed by atoms with Crippen LogP contribution in [-0.4, -0.2) is 45.9 Å².